The fourth-order valence-electron chi connectivity index (χ4n) is 2.26. The highest BCUT2D eigenvalue weighted by Gasteiger charge is 2.36. The van der Waals surface area contributed by atoms with Crippen molar-refractivity contribution in [3.8, 4) is 0 Å². The molecule has 0 bridgehead atoms. The fraction of sp³-hybridized carbons (Fsp3) is 0.692. The molecule has 5 nitrogen and oxygen atoms in total. The van der Waals surface area contributed by atoms with E-state index in [-0.39, 0.29) is 17.9 Å². The third-order valence-corrected chi connectivity index (χ3v) is 4.38. The lowest BCUT2D eigenvalue weighted by molar-refractivity contribution is -0.127. The molecule has 2 heterocycles. The average molecular weight is 283 g/mol. The lowest BCUT2D eigenvalue weighted by Gasteiger charge is -2.27. The summed E-state index contributed by atoms with van der Waals surface area (Å²) < 4.78 is 5.41. The van der Waals surface area contributed by atoms with Crippen molar-refractivity contribution in [1.82, 2.24) is 15.6 Å². The second-order valence-corrected chi connectivity index (χ2v) is 6.15. The first-order valence-electron chi connectivity index (χ1n) is 6.57. The zero-order valence-corrected chi connectivity index (χ0v) is 12.4. The molecule has 1 aromatic rings. The summed E-state index contributed by atoms with van der Waals surface area (Å²) in [6, 6.07) is 0.108. The Morgan fingerprint density at radius 2 is 2.37 bits per heavy atom. The van der Waals surface area contributed by atoms with Crippen molar-refractivity contribution in [2.24, 2.45) is 5.92 Å². The number of carbonyl (C=O) groups excluding carboxylic acids is 1. The van der Waals surface area contributed by atoms with Crippen LogP contribution in [0.3, 0.4) is 0 Å². The number of likely N-dealkylation sites (N-methyl/N-ethyl adjacent to an activating group) is 1. The summed E-state index contributed by atoms with van der Waals surface area (Å²) in [6.07, 6.45) is 1.76. The first-order valence-corrected chi connectivity index (χ1v) is 7.45. The van der Waals surface area contributed by atoms with Gasteiger partial charge in [-0.25, -0.2) is 4.98 Å². The molecule has 0 aliphatic carbocycles. The zero-order chi connectivity index (χ0) is 13.9. The summed E-state index contributed by atoms with van der Waals surface area (Å²) in [6.45, 7) is 7.91. The number of amides is 1. The van der Waals surface area contributed by atoms with Crippen LogP contribution in [0.2, 0.25) is 0 Å². The maximum Gasteiger partial charge on any atom is 0.227 e. The number of aromatic nitrogens is 1. The predicted molar refractivity (Wildman–Crippen MR) is 75.1 cm³/mol. The number of nitrogens with one attached hydrogen (secondary N) is 2. The summed E-state index contributed by atoms with van der Waals surface area (Å²) in [5.41, 5.74) is -0.440. The molecule has 0 aromatic carbocycles. The highest BCUT2D eigenvalue weighted by atomic mass is 32.1. The van der Waals surface area contributed by atoms with Crippen LogP contribution < -0.4 is 10.6 Å². The topological polar surface area (TPSA) is 63.2 Å². The van der Waals surface area contributed by atoms with Gasteiger partial charge in [-0.1, -0.05) is 6.92 Å². The molecule has 2 unspecified atom stereocenters. The minimum Gasteiger partial charge on any atom is -0.379 e. The van der Waals surface area contributed by atoms with Gasteiger partial charge in [0.2, 0.25) is 5.91 Å². The van der Waals surface area contributed by atoms with Crippen LogP contribution in [0.1, 0.15) is 25.8 Å². The van der Waals surface area contributed by atoms with Crippen molar-refractivity contribution < 1.29 is 9.53 Å². The van der Waals surface area contributed by atoms with Gasteiger partial charge in [0, 0.05) is 17.6 Å². The summed E-state index contributed by atoms with van der Waals surface area (Å²) in [7, 11) is 0. The summed E-state index contributed by atoms with van der Waals surface area (Å²) in [5, 5.41) is 9.21. The van der Waals surface area contributed by atoms with E-state index in [1.54, 1.807) is 17.5 Å². The minimum atomic E-state index is -0.440. The van der Waals surface area contributed by atoms with Crippen LogP contribution in [0.5, 0.6) is 0 Å². The number of thiazole rings is 1. The van der Waals surface area contributed by atoms with E-state index in [9.17, 15) is 4.79 Å². The highest BCUT2D eigenvalue weighted by Crippen LogP contribution is 2.23. The van der Waals surface area contributed by atoms with Crippen LogP contribution in [-0.4, -0.2) is 36.7 Å². The molecule has 2 N–H and O–H groups in total. The van der Waals surface area contributed by atoms with Gasteiger partial charge in [-0.3, -0.25) is 4.79 Å². The third-order valence-electron chi connectivity index (χ3n) is 3.29. The Morgan fingerprint density at radius 3 is 3.00 bits per heavy atom. The van der Waals surface area contributed by atoms with E-state index < -0.39 is 5.54 Å². The molecule has 19 heavy (non-hydrogen) atoms. The summed E-state index contributed by atoms with van der Waals surface area (Å²) in [5.74, 6) is -0.0946. The van der Waals surface area contributed by atoms with Crippen LogP contribution in [0, 0.1) is 5.92 Å². The molecule has 1 saturated heterocycles. The Morgan fingerprint density at radius 1 is 1.58 bits per heavy atom. The molecule has 1 amide bonds. The number of hydrogen-bond donors (Lipinski definition) is 2. The zero-order valence-electron chi connectivity index (χ0n) is 11.6. The maximum absolute atomic E-state index is 12.4. The van der Waals surface area contributed by atoms with Crippen molar-refractivity contribution in [2.45, 2.75) is 32.4 Å². The normalized spacial score (nSPS) is 23.5. The molecule has 2 atom stereocenters. The lowest BCUT2D eigenvalue weighted by atomic mass is 9.99. The van der Waals surface area contributed by atoms with Crippen molar-refractivity contribution in [2.75, 3.05) is 19.8 Å². The molecule has 2 rings (SSSR count). The third kappa shape index (κ3) is 3.32. The molecule has 1 fully saturated rings. The number of ether oxygens (including phenoxy) is 1. The van der Waals surface area contributed by atoms with Crippen LogP contribution in [0.25, 0.3) is 0 Å². The van der Waals surface area contributed by atoms with E-state index in [2.05, 4.69) is 15.6 Å². The van der Waals surface area contributed by atoms with E-state index >= 15 is 0 Å². The lowest BCUT2D eigenvalue weighted by Crippen LogP contribution is -2.49. The molecular formula is C13H21N3O2S. The van der Waals surface area contributed by atoms with Gasteiger partial charge in [0.25, 0.3) is 0 Å². The van der Waals surface area contributed by atoms with Gasteiger partial charge in [-0.05, 0) is 20.4 Å². The molecule has 106 valence electrons. The van der Waals surface area contributed by atoms with Gasteiger partial charge >= 0.3 is 0 Å². The molecule has 6 heteroatoms. The van der Waals surface area contributed by atoms with Crippen LogP contribution in [-0.2, 0) is 15.1 Å². The predicted octanol–water partition coefficient (Wildman–Crippen LogP) is 1.12. The van der Waals surface area contributed by atoms with Crippen LogP contribution in [0.15, 0.2) is 11.6 Å². The number of hydrogen-bond acceptors (Lipinski definition) is 5. The van der Waals surface area contributed by atoms with Crippen LogP contribution >= 0.6 is 11.3 Å². The van der Waals surface area contributed by atoms with Gasteiger partial charge in [0.05, 0.1) is 24.7 Å². The Hall–Kier alpha value is -0.980. The molecule has 1 aliphatic heterocycles. The summed E-state index contributed by atoms with van der Waals surface area (Å²) in [4.78, 5) is 16.7. The molecule has 0 saturated carbocycles. The fourth-order valence-corrected chi connectivity index (χ4v) is 2.98. The van der Waals surface area contributed by atoms with Crippen molar-refractivity contribution in [3.63, 3.8) is 0 Å². The van der Waals surface area contributed by atoms with Gasteiger partial charge in [-0.15, -0.1) is 11.3 Å². The van der Waals surface area contributed by atoms with E-state index in [4.69, 9.17) is 4.74 Å². The van der Waals surface area contributed by atoms with E-state index in [0.717, 1.165) is 11.6 Å². The Labute approximate surface area is 117 Å². The number of rotatable bonds is 5. The van der Waals surface area contributed by atoms with Crippen molar-refractivity contribution in [3.05, 3.63) is 16.6 Å². The molecule has 0 spiro atoms. The Balaban J connectivity index is 2.00. The molecule has 1 aliphatic rings. The van der Waals surface area contributed by atoms with Crippen molar-refractivity contribution >= 4 is 17.2 Å². The largest absolute Gasteiger partial charge is 0.379 e. The monoisotopic (exact) mass is 283 g/mol. The van der Waals surface area contributed by atoms with E-state index in [0.29, 0.717) is 13.2 Å². The standard InChI is InChI=1S/C13H21N3O2S/c1-4-14-10-8-18-7-9(10)11(17)16-13(2,3)12-15-5-6-19-12/h5-6,9-10,14H,4,7-8H2,1-3H3,(H,16,17). The molecular weight excluding hydrogens is 262 g/mol. The number of nitrogens with zero attached hydrogens (tertiary/aromatic N) is 1. The highest BCUT2D eigenvalue weighted by molar-refractivity contribution is 7.09. The van der Waals surface area contributed by atoms with Gasteiger partial charge < -0.3 is 15.4 Å². The SMILES string of the molecule is CCNC1COCC1C(=O)NC(C)(C)c1nccs1. The van der Waals surface area contributed by atoms with Gasteiger partial charge in [0.1, 0.15) is 5.01 Å². The minimum absolute atomic E-state index is 0.0312. The quantitative estimate of drug-likeness (QED) is 0.850. The second kappa shape index (κ2) is 5.98. The first kappa shape index (κ1) is 14.4. The maximum atomic E-state index is 12.4. The first-order chi connectivity index (χ1) is 9.04. The molecule has 0 radical (unpaired) electrons. The summed E-state index contributed by atoms with van der Waals surface area (Å²) >= 11 is 1.55. The Bertz CT molecular complexity index is 420. The number of carbonyl (C=O) groups is 1. The van der Waals surface area contributed by atoms with Gasteiger partial charge in [-0.2, -0.15) is 0 Å². The van der Waals surface area contributed by atoms with E-state index in [1.807, 2.05) is 26.2 Å². The average Bonchev–Trinajstić information content (AvgIpc) is 2.99. The second-order valence-electron chi connectivity index (χ2n) is 5.26. The Kier molecular flexibility index (Phi) is 4.54. The van der Waals surface area contributed by atoms with Crippen molar-refractivity contribution in [1.29, 1.82) is 0 Å². The van der Waals surface area contributed by atoms with Gasteiger partial charge in [0.15, 0.2) is 0 Å². The van der Waals surface area contributed by atoms with E-state index in [1.165, 1.54) is 0 Å². The van der Waals surface area contributed by atoms with Crippen LogP contribution in [0.4, 0.5) is 0 Å². The molecule has 1 aromatic heterocycles. The smallest absolute Gasteiger partial charge is 0.227 e.